The molecule has 30 heavy (non-hydrogen) atoms. The molecule has 0 amide bonds. The van der Waals surface area contributed by atoms with Gasteiger partial charge in [0.2, 0.25) is 0 Å². The van der Waals surface area contributed by atoms with E-state index in [1.54, 1.807) is 24.4 Å². The van der Waals surface area contributed by atoms with Gasteiger partial charge in [-0.2, -0.15) is 5.26 Å². The molecular formula is C22H19ClN6S. The Kier molecular flexibility index (Phi) is 7.07. The molecule has 2 aromatic heterocycles. The maximum Gasteiger partial charge on any atom is 0.152 e. The first-order valence-electron chi connectivity index (χ1n) is 8.92. The fourth-order valence-corrected chi connectivity index (χ4v) is 3.47. The summed E-state index contributed by atoms with van der Waals surface area (Å²) < 4.78 is 3.12. The van der Waals surface area contributed by atoms with Crippen LogP contribution < -0.4 is 10.0 Å². The summed E-state index contributed by atoms with van der Waals surface area (Å²) in [7, 11) is 0. The van der Waals surface area contributed by atoms with Crippen LogP contribution in [0.15, 0.2) is 73.7 Å². The minimum absolute atomic E-state index is 0.405. The molecule has 3 aromatic rings. The molecule has 8 heteroatoms. The number of hydrogen-bond acceptors (Lipinski definition) is 7. The van der Waals surface area contributed by atoms with E-state index < -0.39 is 6.04 Å². The first kappa shape index (κ1) is 21.4. The van der Waals surface area contributed by atoms with E-state index in [1.165, 1.54) is 18.3 Å². The zero-order valence-electron chi connectivity index (χ0n) is 16.3. The SMILES string of the molecule is C=C/C=C(\C=C)C(C#N)Nc1ncnc2ccc(-c3cnc(Cl)c(NSC)c3)cc12. The van der Waals surface area contributed by atoms with E-state index in [9.17, 15) is 5.26 Å². The molecular weight excluding hydrogens is 416 g/mol. The summed E-state index contributed by atoms with van der Waals surface area (Å²) in [4.78, 5) is 13.0. The second kappa shape index (κ2) is 9.92. The van der Waals surface area contributed by atoms with Crippen molar-refractivity contribution in [1.82, 2.24) is 15.0 Å². The Hall–Kier alpha value is -3.34. The van der Waals surface area contributed by atoms with Gasteiger partial charge in [0.05, 0.1) is 17.3 Å². The normalized spacial score (nSPS) is 12.1. The van der Waals surface area contributed by atoms with E-state index in [-0.39, 0.29) is 0 Å². The number of rotatable bonds is 8. The van der Waals surface area contributed by atoms with E-state index in [2.05, 4.69) is 44.2 Å². The smallest absolute Gasteiger partial charge is 0.152 e. The van der Waals surface area contributed by atoms with E-state index in [0.29, 0.717) is 16.5 Å². The predicted molar refractivity (Wildman–Crippen MR) is 126 cm³/mol. The molecule has 6 nitrogen and oxygen atoms in total. The monoisotopic (exact) mass is 434 g/mol. The molecule has 0 saturated heterocycles. The number of halogens is 1. The summed E-state index contributed by atoms with van der Waals surface area (Å²) >= 11 is 7.60. The minimum atomic E-state index is -0.628. The molecule has 150 valence electrons. The van der Waals surface area contributed by atoms with E-state index >= 15 is 0 Å². The lowest BCUT2D eigenvalue weighted by Crippen LogP contribution is -2.20. The molecule has 0 aliphatic heterocycles. The summed E-state index contributed by atoms with van der Waals surface area (Å²) in [6.45, 7) is 7.46. The van der Waals surface area contributed by atoms with Crippen LogP contribution in [0.25, 0.3) is 22.0 Å². The predicted octanol–water partition coefficient (Wildman–Crippen LogP) is 5.64. The Bertz CT molecular complexity index is 1170. The second-order valence-electron chi connectivity index (χ2n) is 6.14. The lowest BCUT2D eigenvalue weighted by atomic mass is 10.0. The summed E-state index contributed by atoms with van der Waals surface area (Å²) in [5.74, 6) is 0.551. The van der Waals surface area contributed by atoms with Crippen molar-refractivity contribution in [3.8, 4) is 17.2 Å². The Morgan fingerprint density at radius 1 is 1.23 bits per heavy atom. The zero-order valence-corrected chi connectivity index (χ0v) is 17.8. The minimum Gasteiger partial charge on any atom is -0.350 e. The number of hydrogen-bond donors (Lipinski definition) is 2. The van der Waals surface area contributed by atoms with Crippen molar-refractivity contribution in [2.24, 2.45) is 0 Å². The van der Waals surface area contributed by atoms with Crippen LogP contribution in [0.1, 0.15) is 0 Å². The van der Waals surface area contributed by atoms with E-state index in [1.807, 2.05) is 30.5 Å². The Balaban J connectivity index is 2.06. The van der Waals surface area contributed by atoms with E-state index in [0.717, 1.165) is 27.7 Å². The molecule has 0 fully saturated rings. The standard InChI is InChI=1S/C22H19ClN6S/c1-4-6-14(5-2)20(11-24)28-22-17-9-15(7-8-18(17)26-13-27-22)16-10-19(29-30-3)21(23)25-12-16/h4-10,12-13,20,29H,1-2H2,3H3,(H,26,27,28)/b14-6+. The van der Waals surface area contributed by atoms with Crippen LogP contribution >= 0.6 is 23.5 Å². The van der Waals surface area contributed by atoms with Crippen molar-refractivity contribution in [3.63, 3.8) is 0 Å². The first-order valence-corrected chi connectivity index (χ1v) is 10.5. The maximum atomic E-state index is 9.62. The van der Waals surface area contributed by atoms with Crippen molar-refractivity contribution < 1.29 is 0 Å². The number of allylic oxidation sites excluding steroid dienone is 2. The van der Waals surface area contributed by atoms with Crippen LogP contribution in [0, 0.1) is 11.3 Å². The molecule has 0 aliphatic rings. The average molecular weight is 435 g/mol. The van der Waals surface area contributed by atoms with Crippen molar-refractivity contribution in [1.29, 1.82) is 5.26 Å². The quantitative estimate of drug-likeness (QED) is 0.269. The third-order valence-corrected chi connectivity index (χ3v) is 5.03. The van der Waals surface area contributed by atoms with Gasteiger partial charge in [0.25, 0.3) is 0 Å². The van der Waals surface area contributed by atoms with Gasteiger partial charge in [-0.3, -0.25) is 0 Å². The third kappa shape index (κ3) is 4.62. The molecule has 0 spiro atoms. The molecule has 0 saturated carbocycles. The summed E-state index contributed by atoms with van der Waals surface area (Å²) in [5, 5.41) is 14.0. The zero-order chi connectivity index (χ0) is 21.5. The van der Waals surface area contributed by atoms with Gasteiger partial charge in [0.1, 0.15) is 18.2 Å². The highest BCUT2D eigenvalue weighted by atomic mass is 35.5. The topological polar surface area (TPSA) is 86.5 Å². The maximum absolute atomic E-state index is 9.62. The Labute approximate surface area is 184 Å². The summed E-state index contributed by atoms with van der Waals surface area (Å²) in [5.41, 5.74) is 4.00. The highest BCUT2D eigenvalue weighted by Gasteiger charge is 2.14. The fourth-order valence-electron chi connectivity index (χ4n) is 2.88. The van der Waals surface area contributed by atoms with Crippen LogP contribution in [-0.4, -0.2) is 27.2 Å². The van der Waals surface area contributed by atoms with Gasteiger partial charge in [-0.1, -0.05) is 61.0 Å². The van der Waals surface area contributed by atoms with Crippen LogP contribution in [-0.2, 0) is 0 Å². The average Bonchev–Trinajstić information content (AvgIpc) is 2.77. The summed E-state index contributed by atoms with van der Waals surface area (Å²) in [6, 6.07) is 9.37. The first-order chi connectivity index (χ1) is 14.6. The van der Waals surface area contributed by atoms with Gasteiger partial charge in [0, 0.05) is 23.4 Å². The molecule has 1 aromatic carbocycles. The fraction of sp³-hybridized carbons (Fsp3) is 0.0909. The van der Waals surface area contributed by atoms with Gasteiger partial charge in [-0.15, -0.1) is 0 Å². The van der Waals surface area contributed by atoms with Crippen LogP contribution in [0.3, 0.4) is 0 Å². The second-order valence-corrected chi connectivity index (χ2v) is 7.11. The van der Waals surface area contributed by atoms with Gasteiger partial charge in [-0.25, -0.2) is 15.0 Å². The highest BCUT2D eigenvalue weighted by Crippen LogP contribution is 2.31. The van der Waals surface area contributed by atoms with Crippen molar-refractivity contribution in [2.75, 3.05) is 16.3 Å². The van der Waals surface area contributed by atoms with Gasteiger partial charge in [0.15, 0.2) is 5.15 Å². The molecule has 3 rings (SSSR count). The Morgan fingerprint density at radius 2 is 2.07 bits per heavy atom. The van der Waals surface area contributed by atoms with Crippen molar-refractivity contribution >= 4 is 46.0 Å². The van der Waals surface area contributed by atoms with Gasteiger partial charge < -0.3 is 10.0 Å². The number of anilines is 2. The van der Waals surface area contributed by atoms with Crippen molar-refractivity contribution in [3.05, 3.63) is 78.9 Å². The number of nitrogens with one attached hydrogen (secondary N) is 2. The van der Waals surface area contributed by atoms with Crippen LogP contribution in [0.5, 0.6) is 0 Å². The lowest BCUT2D eigenvalue weighted by molar-refractivity contribution is 1.04. The number of nitrogens with zero attached hydrogens (tertiary/aromatic N) is 4. The number of fused-ring (bicyclic) bond motifs is 1. The van der Waals surface area contributed by atoms with Gasteiger partial charge in [-0.05, 0) is 29.3 Å². The summed E-state index contributed by atoms with van der Waals surface area (Å²) in [6.07, 6.45) is 10.1. The molecule has 1 unspecified atom stereocenters. The molecule has 0 aliphatic carbocycles. The van der Waals surface area contributed by atoms with E-state index in [4.69, 9.17) is 11.6 Å². The number of benzene rings is 1. The Morgan fingerprint density at radius 3 is 2.77 bits per heavy atom. The molecule has 1 atom stereocenters. The molecule has 2 heterocycles. The van der Waals surface area contributed by atoms with Crippen LogP contribution in [0.4, 0.5) is 11.5 Å². The third-order valence-electron chi connectivity index (χ3n) is 4.31. The highest BCUT2D eigenvalue weighted by molar-refractivity contribution is 7.99. The largest absolute Gasteiger partial charge is 0.350 e. The number of nitriles is 1. The number of aromatic nitrogens is 3. The molecule has 0 bridgehead atoms. The van der Waals surface area contributed by atoms with Gasteiger partial charge >= 0.3 is 0 Å². The van der Waals surface area contributed by atoms with Crippen LogP contribution in [0.2, 0.25) is 5.15 Å². The molecule has 0 radical (unpaired) electrons. The number of pyridine rings is 1. The lowest BCUT2D eigenvalue weighted by Gasteiger charge is -2.15. The molecule has 2 N–H and O–H groups in total. The van der Waals surface area contributed by atoms with Crippen molar-refractivity contribution in [2.45, 2.75) is 6.04 Å².